The molecule has 12 heavy (non-hydrogen) atoms. The Labute approximate surface area is 90.8 Å². The molecule has 0 saturated heterocycles. The molecule has 0 aromatic heterocycles. The minimum atomic E-state index is -1.83. The van der Waals surface area contributed by atoms with Crippen molar-refractivity contribution >= 4 is 6.16 Å². The van der Waals surface area contributed by atoms with E-state index in [-0.39, 0.29) is 69.3 Å². The van der Waals surface area contributed by atoms with Crippen LogP contribution in [0.15, 0.2) is 0 Å². The second-order valence-electron chi connectivity index (χ2n) is 0.283. The molecule has 0 bridgehead atoms. The van der Waals surface area contributed by atoms with Gasteiger partial charge in [-0.1, -0.05) is 0 Å². The summed E-state index contributed by atoms with van der Waals surface area (Å²) >= 11 is 0. The minimum absolute atomic E-state index is 0. The fraction of sp³-hybridized carbons (Fsp3) is 0. The molecule has 0 fully saturated rings. The van der Waals surface area contributed by atoms with Crippen LogP contribution in [-0.4, -0.2) is 54.7 Å². The van der Waals surface area contributed by atoms with Gasteiger partial charge >= 0.3 is 35.7 Å². The van der Waals surface area contributed by atoms with Crippen LogP contribution in [0.1, 0.15) is 1.43 Å². The SMILES string of the molecule is O.O.O.O.O.O.O.O=C(O)O.[H-].[Na+]. The van der Waals surface area contributed by atoms with Gasteiger partial charge in [0.15, 0.2) is 0 Å². The summed E-state index contributed by atoms with van der Waals surface area (Å²) in [7, 11) is 0. The zero-order valence-corrected chi connectivity index (χ0v) is 8.30. The topological polar surface area (TPSA) is 278 Å². The third-order valence-electron chi connectivity index (χ3n) is 0. The quantitative estimate of drug-likeness (QED) is 0.370. The molecule has 0 saturated carbocycles. The molecule has 0 radical (unpaired) electrons. The fourth-order valence-electron chi connectivity index (χ4n) is 0. The molecule has 82 valence electrons. The Morgan fingerprint density at radius 2 is 0.750 bits per heavy atom. The van der Waals surface area contributed by atoms with Crippen LogP contribution >= 0.6 is 0 Å². The summed E-state index contributed by atoms with van der Waals surface area (Å²) in [5.41, 5.74) is 0. The van der Waals surface area contributed by atoms with Gasteiger partial charge < -0.3 is 50.0 Å². The van der Waals surface area contributed by atoms with Gasteiger partial charge in [-0.2, -0.15) is 0 Å². The van der Waals surface area contributed by atoms with E-state index in [0.717, 1.165) is 0 Å². The van der Waals surface area contributed by atoms with Crippen molar-refractivity contribution in [2.45, 2.75) is 0 Å². The maximum Gasteiger partial charge on any atom is 1.00 e. The normalized spacial score (nSPS) is 2.00. The average molecular weight is 212 g/mol. The summed E-state index contributed by atoms with van der Waals surface area (Å²) in [5.74, 6) is 0. The van der Waals surface area contributed by atoms with Gasteiger partial charge in [0.05, 0.1) is 0 Å². The molecular weight excluding hydrogens is 195 g/mol. The van der Waals surface area contributed by atoms with Crippen LogP contribution in [0.5, 0.6) is 0 Å². The van der Waals surface area contributed by atoms with Gasteiger partial charge in [0, 0.05) is 0 Å². The van der Waals surface area contributed by atoms with Crippen molar-refractivity contribution in [3.8, 4) is 0 Å². The Morgan fingerprint density at radius 1 is 0.750 bits per heavy atom. The molecule has 0 rings (SSSR count). The van der Waals surface area contributed by atoms with E-state index in [9.17, 15) is 0 Å². The zero-order chi connectivity index (χ0) is 3.58. The maximum atomic E-state index is 8.56. The van der Waals surface area contributed by atoms with Crippen molar-refractivity contribution in [1.82, 2.24) is 0 Å². The molecular formula is CH17NaO10. The molecule has 0 aliphatic heterocycles. The summed E-state index contributed by atoms with van der Waals surface area (Å²) in [6, 6.07) is 0. The van der Waals surface area contributed by atoms with Gasteiger partial charge in [-0.15, -0.1) is 0 Å². The van der Waals surface area contributed by atoms with Crippen molar-refractivity contribution in [3.05, 3.63) is 0 Å². The first-order valence-electron chi connectivity index (χ1n) is 0.651. The molecule has 10 nitrogen and oxygen atoms in total. The number of carbonyl (C=O) groups is 1. The Morgan fingerprint density at radius 3 is 0.750 bits per heavy atom. The van der Waals surface area contributed by atoms with Crippen LogP contribution in [-0.2, 0) is 0 Å². The molecule has 0 aliphatic rings. The Bertz CT molecular complexity index is 37.9. The Balaban J connectivity index is -0.00000000125. The van der Waals surface area contributed by atoms with E-state index in [0.29, 0.717) is 0 Å². The van der Waals surface area contributed by atoms with Gasteiger partial charge in [0.25, 0.3) is 0 Å². The van der Waals surface area contributed by atoms with Crippen LogP contribution in [0.2, 0.25) is 0 Å². The van der Waals surface area contributed by atoms with E-state index >= 15 is 0 Å². The van der Waals surface area contributed by atoms with E-state index in [1.54, 1.807) is 0 Å². The van der Waals surface area contributed by atoms with Gasteiger partial charge in [-0.05, 0) is 0 Å². The number of carboxylic acid groups (broad SMARTS) is 2. The molecule has 0 aromatic carbocycles. The van der Waals surface area contributed by atoms with Gasteiger partial charge in [-0.3, -0.25) is 0 Å². The smallest absolute Gasteiger partial charge is 1.00 e. The van der Waals surface area contributed by atoms with E-state index in [4.69, 9.17) is 15.0 Å². The molecule has 0 unspecified atom stereocenters. The summed E-state index contributed by atoms with van der Waals surface area (Å²) in [4.78, 5) is 8.56. The predicted molar refractivity (Wildman–Crippen MR) is 37.1 cm³/mol. The van der Waals surface area contributed by atoms with Gasteiger partial charge in [0.2, 0.25) is 0 Å². The number of hydrogen-bond acceptors (Lipinski definition) is 1. The summed E-state index contributed by atoms with van der Waals surface area (Å²) in [6.45, 7) is 0. The number of hydrogen-bond donors (Lipinski definition) is 2. The average Bonchev–Trinajstić information content (AvgIpc) is 0.811. The third kappa shape index (κ3) is 8070000. The fourth-order valence-corrected chi connectivity index (χ4v) is 0. The molecule has 0 atom stereocenters. The Kier molecular flexibility index (Phi) is 1660. The molecule has 0 aliphatic carbocycles. The summed E-state index contributed by atoms with van der Waals surface area (Å²) in [5, 5.41) is 13.9. The van der Waals surface area contributed by atoms with Crippen LogP contribution in [0.4, 0.5) is 4.79 Å². The van der Waals surface area contributed by atoms with E-state index in [2.05, 4.69) is 0 Å². The van der Waals surface area contributed by atoms with E-state index in [1.807, 2.05) is 0 Å². The van der Waals surface area contributed by atoms with Crippen LogP contribution < -0.4 is 29.6 Å². The van der Waals surface area contributed by atoms with Crippen molar-refractivity contribution in [3.63, 3.8) is 0 Å². The first kappa shape index (κ1) is 162. The molecule has 11 heteroatoms. The maximum absolute atomic E-state index is 8.56. The zero-order valence-electron chi connectivity index (χ0n) is 7.30. The van der Waals surface area contributed by atoms with Crippen LogP contribution in [0.3, 0.4) is 0 Å². The largest absolute Gasteiger partial charge is 1.00 e. The predicted octanol–water partition coefficient (Wildman–Crippen LogP) is -8.43. The number of rotatable bonds is 0. The standard InChI is InChI=1S/CH2O3.Na.7H2O.H/c2-1(3)4;;;;;;;;;/h(H2,2,3,4);;7*1H2;/q;+1;;;;;;;;-1. The molecule has 16 N–H and O–H groups in total. The van der Waals surface area contributed by atoms with Crippen LogP contribution in [0, 0.1) is 0 Å². The van der Waals surface area contributed by atoms with Gasteiger partial charge in [-0.25, -0.2) is 4.79 Å². The van der Waals surface area contributed by atoms with Crippen molar-refractivity contribution in [2.24, 2.45) is 0 Å². The first-order valence-corrected chi connectivity index (χ1v) is 0.651. The van der Waals surface area contributed by atoms with E-state index in [1.165, 1.54) is 0 Å². The first-order chi connectivity index (χ1) is 1.73. The second-order valence-corrected chi connectivity index (χ2v) is 0.283. The summed E-state index contributed by atoms with van der Waals surface area (Å²) < 4.78 is 0. The van der Waals surface area contributed by atoms with Crippen LogP contribution in [0.25, 0.3) is 0 Å². The van der Waals surface area contributed by atoms with Crippen molar-refractivity contribution < 1.29 is 84.3 Å². The Hall–Kier alpha value is -0.0100. The summed E-state index contributed by atoms with van der Waals surface area (Å²) in [6.07, 6.45) is -1.83. The molecule has 0 spiro atoms. The monoisotopic (exact) mass is 212 g/mol. The molecule has 0 heterocycles. The molecule has 0 aromatic rings. The second kappa shape index (κ2) is 123. The van der Waals surface area contributed by atoms with Crippen molar-refractivity contribution in [1.29, 1.82) is 0 Å². The minimum Gasteiger partial charge on any atom is -1.00 e. The van der Waals surface area contributed by atoms with Crippen molar-refractivity contribution in [2.75, 3.05) is 0 Å². The molecule has 0 amide bonds. The van der Waals surface area contributed by atoms with Gasteiger partial charge in [0.1, 0.15) is 0 Å². The van der Waals surface area contributed by atoms with E-state index < -0.39 is 6.16 Å². The third-order valence-corrected chi connectivity index (χ3v) is 0.